The standard InChI is InChI=1S/C17H21Cl2NO3/c1-20-11-3-4-12(20)8-13(7-11)23-17(22)14(9-21)10-2-5-15(18)16(19)6-10/h2,5-6,11-14,21H,3-4,7-9H2,1H3. The Morgan fingerprint density at radius 1 is 1.30 bits per heavy atom. The first kappa shape index (κ1) is 17.0. The van der Waals surface area contributed by atoms with Crippen molar-refractivity contribution in [3.8, 4) is 0 Å². The number of hydrogen-bond donors (Lipinski definition) is 1. The maximum absolute atomic E-state index is 12.5. The van der Waals surface area contributed by atoms with E-state index in [0.717, 1.165) is 12.8 Å². The van der Waals surface area contributed by atoms with Gasteiger partial charge < -0.3 is 14.7 Å². The number of aliphatic hydroxyl groups is 1. The zero-order valence-electron chi connectivity index (χ0n) is 13.0. The van der Waals surface area contributed by atoms with Gasteiger partial charge >= 0.3 is 5.97 Å². The molecule has 3 atom stereocenters. The van der Waals surface area contributed by atoms with Crippen LogP contribution in [-0.2, 0) is 9.53 Å². The molecule has 6 heteroatoms. The molecular formula is C17H21Cl2NO3. The fourth-order valence-corrected chi connectivity index (χ4v) is 4.06. The van der Waals surface area contributed by atoms with Crippen LogP contribution in [0, 0.1) is 0 Å². The molecule has 0 spiro atoms. The second kappa shape index (κ2) is 6.98. The van der Waals surface area contributed by atoms with E-state index in [0.29, 0.717) is 27.7 Å². The van der Waals surface area contributed by atoms with Gasteiger partial charge in [0.2, 0.25) is 0 Å². The molecule has 1 aromatic rings. The quantitative estimate of drug-likeness (QED) is 0.840. The van der Waals surface area contributed by atoms with Gasteiger partial charge in [-0.05, 0) is 50.4 Å². The van der Waals surface area contributed by atoms with Crippen LogP contribution in [0.15, 0.2) is 18.2 Å². The van der Waals surface area contributed by atoms with E-state index in [1.807, 2.05) is 0 Å². The molecule has 0 aliphatic carbocycles. The highest BCUT2D eigenvalue weighted by atomic mass is 35.5. The number of benzene rings is 1. The van der Waals surface area contributed by atoms with Crippen LogP contribution in [0.3, 0.4) is 0 Å². The number of nitrogens with zero attached hydrogens (tertiary/aromatic N) is 1. The molecule has 2 aliphatic heterocycles. The Bertz CT molecular complexity index is 581. The average molecular weight is 358 g/mol. The lowest BCUT2D eigenvalue weighted by atomic mass is 9.98. The zero-order valence-corrected chi connectivity index (χ0v) is 14.6. The molecule has 3 rings (SSSR count). The van der Waals surface area contributed by atoms with Crippen molar-refractivity contribution in [2.24, 2.45) is 0 Å². The number of carbonyl (C=O) groups excluding carboxylic acids is 1. The lowest BCUT2D eigenvalue weighted by Crippen LogP contribution is -2.43. The Kier molecular flexibility index (Phi) is 5.16. The van der Waals surface area contributed by atoms with Crippen LogP contribution in [0.5, 0.6) is 0 Å². The van der Waals surface area contributed by atoms with E-state index in [9.17, 15) is 9.90 Å². The summed E-state index contributed by atoms with van der Waals surface area (Å²) in [4.78, 5) is 14.9. The Morgan fingerprint density at radius 2 is 1.96 bits per heavy atom. The van der Waals surface area contributed by atoms with Gasteiger partial charge in [-0.2, -0.15) is 0 Å². The molecule has 2 aliphatic rings. The summed E-state index contributed by atoms with van der Waals surface area (Å²) in [5.74, 6) is -1.11. The molecule has 0 radical (unpaired) electrons. The summed E-state index contributed by atoms with van der Waals surface area (Å²) >= 11 is 11.9. The van der Waals surface area contributed by atoms with Crippen molar-refractivity contribution in [2.45, 2.75) is 49.8 Å². The molecule has 0 saturated carbocycles. The number of rotatable bonds is 4. The van der Waals surface area contributed by atoms with E-state index >= 15 is 0 Å². The molecular weight excluding hydrogens is 337 g/mol. The fraction of sp³-hybridized carbons (Fsp3) is 0.588. The first-order valence-electron chi connectivity index (χ1n) is 7.97. The van der Waals surface area contributed by atoms with Crippen LogP contribution in [-0.4, -0.2) is 47.8 Å². The smallest absolute Gasteiger partial charge is 0.316 e. The number of aliphatic hydroxyl groups excluding tert-OH is 1. The van der Waals surface area contributed by atoms with Crippen molar-refractivity contribution in [3.05, 3.63) is 33.8 Å². The van der Waals surface area contributed by atoms with Crippen molar-refractivity contribution < 1.29 is 14.6 Å². The van der Waals surface area contributed by atoms with Crippen molar-refractivity contribution in [1.82, 2.24) is 4.90 Å². The van der Waals surface area contributed by atoms with Crippen LogP contribution in [0.2, 0.25) is 10.0 Å². The Labute approximate surface area is 146 Å². The monoisotopic (exact) mass is 357 g/mol. The summed E-state index contributed by atoms with van der Waals surface area (Å²) in [6.45, 7) is -0.309. The summed E-state index contributed by atoms with van der Waals surface area (Å²) in [5.41, 5.74) is 0.628. The topological polar surface area (TPSA) is 49.8 Å². The summed E-state index contributed by atoms with van der Waals surface area (Å²) in [6.07, 6.45) is 4.03. The van der Waals surface area contributed by atoms with E-state index in [1.54, 1.807) is 18.2 Å². The first-order chi connectivity index (χ1) is 11.0. The maximum Gasteiger partial charge on any atom is 0.316 e. The third-order valence-electron chi connectivity index (χ3n) is 5.15. The first-order valence-corrected chi connectivity index (χ1v) is 8.73. The summed E-state index contributed by atoms with van der Waals surface area (Å²) in [7, 11) is 2.15. The van der Waals surface area contributed by atoms with Crippen LogP contribution < -0.4 is 0 Å². The molecule has 126 valence electrons. The molecule has 0 amide bonds. The minimum absolute atomic E-state index is 0.0620. The minimum Gasteiger partial charge on any atom is -0.462 e. The van der Waals surface area contributed by atoms with Gasteiger partial charge in [0.1, 0.15) is 12.0 Å². The number of piperidine rings is 1. The molecule has 2 fully saturated rings. The maximum atomic E-state index is 12.5. The lowest BCUT2D eigenvalue weighted by Gasteiger charge is -2.36. The van der Waals surface area contributed by atoms with E-state index in [-0.39, 0.29) is 18.7 Å². The number of hydrogen-bond acceptors (Lipinski definition) is 4. The molecule has 2 bridgehead atoms. The molecule has 0 aromatic heterocycles. The Morgan fingerprint density at radius 3 is 2.52 bits per heavy atom. The SMILES string of the molecule is CN1C2CCC1CC(OC(=O)C(CO)c1ccc(Cl)c(Cl)c1)C2. The highest BCUT2D eigenvalue weighted by Crippen LogP contribution is 2.36. The van der Waals surface area contributed by atoms with Crippen molar-refractivity contribution in [1.29, 1.82) is 0 Å². The number of ether oxygens (including phenoxy) is 1. The van der Waals surface area contributed by atoms with Crippen LogP contribution >= 0.6 is 23.2 Å². The predicted octanol–water partition coefficient (Wildman–Crippen LogP) is 3.24. The van der Waals surface area contributed by atoms with Crippen molar-refractivity contribution >= 4 is 29.2 Å². The van der Waals surface area contributed by atoms with Crippen LogP contribution in [0.4, 0.5) is 0 Å². The summed E-state index contributed by atoms with van der Waals surface area (Å²) < 4.78 is 5.70. The van der Waals surface area contributed by atoms with E-state index < -0.39 is 5.92 Å². The molecule has 23 heavy (non-hydrogen) atoms. The molecule has 2 saturated heterocycles. The largest absolute Gasteiger partial charge is 0.462 e. The van der Waals surface area contributed by atoms with Gasteiger partial charge in [0.05, 0.1) is 16.7 Å². The van der Waals surface area contributed by atoms with Crippen LogP contribution in [0.1, 0.15) is 37.2 Å². The third-order valence-corrected chi connectivity index (χ3v) is 5.89. The van der Waals surface area contributed by atoms with Gasteiger partial charge in [-0.25, -0.2) is 0 Å². The van der Waals surface area contributed by atoms with Crippen molar-refractivity contribution in [2.75, 3.05) is 13.7 Å². The van der Waals surface area contributed by atoms with Gasteiger partial charge in [-0.15, -0.1) is 0 Å². The molecule has 1 N–H and O–H groups in total. The second-order valence-electron chi connectivity index (χ2n) is 6.49. The molecule has 3 unspecified atom stereocenters. The van der Waals surface area contributed by atoms with Crippen molar-refractivity contribution in [3.63, 3.8) is 0 Å². The lowest BCUT2D eigenvalue weighted by molar-refractivity contribution is -0.155. The zero-order chi connectivity index (χ0) is 16.6. The highest BCUT2D eigenvalue weighted by Gasteiger charge is 2.40. The number of halogens is 2. The fourth-order valence-electron chi connectivity index (χ4n) is 3.75. The van der Waals surface area contributed by atoms with E-state index in [4.69, 9.17) is 27.9 Å². The second-order valence-corrected chi connectivity index (χ2v) is 7.30. The summed E-state index contributed by atoms with van der Waals surface area (Å²) in [6, 6.07) is 5.96. The third kappa shape index (κ3) is 3.50. The van der Waals surface area contributed by atoms with E-state index in [2.05, 4.69) is 11.9 Å². The Balaban J connectivity index is 1.67. The molecule has 4 nitrogen and oxygen atoms in total. The minimum atomic E-state index is -0.720. The number of fused-ring (bicyclic) bond motifs is 2. The average Bonchev–Trinajstić information content (AvgIpc) is 2.73. The molecule has 1 aromatic carbocycles. The number of carbonyl (C=O) groups is 1. The highest BCUT2D eigenvalue weighted by molar-refractivity contribution is 6.42. The predicted molar refractivity (Wildman–Crippen MR) is 90.0 cm³/mol. The molecule has 2 heterocycles. The van der Waals surface area contributed by atoms with Gasteiger partial charge in [-0.1, -0.05) is 29.3 Å². The van der Waals surface area contributed by atoms with E-state index in [1.165, 1.54) is 12.8 Å². The number of esters is 1. The van der Waals surface area contributed by atoms with Gasteiger partial charge in [0, 0.05) is 12.1 Å². The Hall–Kier alpha value is -0.810. The summed E-state index contributed by atoms with van der Waals surface area (Å²) in [5, 5.41) is 10.4. The normalized spacial score (nSPS) is 28.6. The van der Waals surface area contributed by atoms with Gasteiger partial charge in [0.25, 0.3) is 0 Å². The van der Waals surface area contributed by atoms with Gasteiger partial charge in [0.15, 0.2) is 0 Å². The van der Waals surface area contributed by atoms with Crippen LogP contribution in [0.25, 0.3) is 0 Å². The van der Waals surface area contributed by atoms with Gasteiger partial charge in [-0.3, -0.25) is 4.79 Å².